The molecule has 13 nitrogen and oxygen atoms in total. The van der Waals surface area contributed by atoms with E-state index in [1.54, 1.807) is 38.1 Å². The molecule has 5 rings (SSSR count). The van der Waals surface area contributed by atoms with Crippen LogP contribution in [0.4, 0.5) is 23.2 Å². The minimum atomic E-state index is -3.89. The van der Waals surface area contributed by atoms with Crippen molar-refractivity contribution < 1.29 is 65.3 Å². The lowest BCUT2D eigenvalue weighted by Crippen LogP contribution is -2.46. The molecule has 0 aromatic heterocycles. The highest BCUT2D eigenvalue weighted by molar-refractivity contribution is 5.95. The van der Waals surface area contributed by atoms with Crippen molar-refractivity contribution in [1.29, 1.82) is 0 Å². The second-order valence-electron chi connectivity index (χ2n) is 10.9. The maximum absolute atomic E-state index is 13.4. The number of ether oxygens (including phenoxy) is 5. The molecule has 2 atom stereocenters. The van der Waals surface area contributed by atoms with Gasteiger partial charge in [0.15, 0.2) is 35.2 Å². The number of carbonyl (C=O) groups excluding carboxylic acids is 3. The maximum Gasteiger partial charge on any atom is 0.586 e. The highest BCUT2D eigenvalue weighted by Crippen LogP contribution is 2.43. The Morgan fingerprint density at radius 3 is 2.00 bits per heavy atom. The number of hydrogen-bond donors (Lipinski definition) is 3. The minimum Gasteiger partial charge on any atom is -0.395 e. The fraction of sp³-hybridized carbons (Fsp3) is 0.323. The van der Waals surface area contributed by atoms with Crippen LogP contribution >= 0.6 is 0 Å². The van der Waals surface area contributed by atoms with Gasteiger partial charge in [-0.05, 0) is 48.2 Å². The Morgan fingerprint density at radius 1 is 0.729 bits per heavy atom. The third kappa shape index (κ3) is 9.02. The summed E-state index contributed by atoms with van der Waals surface area (Å²) < 4.78 is 76.6. The summed E-state index contributed by atoms with van der Waals surface area (Å²) in [5.74, 6) is -3.87. The van der Waals surface area contributed by atoms with E-state index in [0.29, 0.717) is 0 Å². The second kappa shape index (κ2) is 14.3. The summed E-state index contributed by atoms with van der Waals surface area (Å²) in [6.07, 6.45) is -10.4. The molecule has 3 N–H and O–H groups in total. The average molecular weight is 680 g/mol. The standard InChI is InChI=1S/C31H29F4N3O10/c1-17(2)12-25(28(40)36-20-9-11-22-24(14-20)46-31(34,35)44-22)47-38-29(41)26(16-42-15-18-6-4-3-5-7-18)48-37-27(39)19-8-10-21-23(13-19)45-30(32,33)43-21/h3-11,13-14,17,25-26H,12,15-16H2,1-2H3,(H,36,40)(H,37,39)(H,38,41)/t25-,26+/m0/s1. The molecule has 0 radical (unpaired) electrons. The fourth-order valence-corrected chi connectivity index (χ4v) is 4.38. The normalized spacial score (nSPS) is 16.2. The SMILES string of the molecule is CC(C)C[C@H](ONC(=O)[C@@H](COCc1ccccc1)ONC(=O)c1ccc2c(c1)OC(F)(F)O2)C(=O)Nc1ccc2c(c1)OC(F)(F)O2. The van der Waals surface area contributed by atoms with Gasteiger partial charge in [0.2, 0.25) is 0 Å². The predicted molar refractivity (Wildman–Crippen MR) is 155 cm³/mol. The molecule has 0 saturated heterocycles. The molecular weight excluding hydrogens is 650 g/mol. The van der Waals surface area contributed by atoms with Crippen LogP contribution in [0, 0.1) is 5.92 Å². The van der Waals surface area contributed by atoms with Crippen molar-refractivity contribution in [3.05, 3.63) is 77.9 Å². The summed E-state index contributed by atoms with van der Waals surface area (Å²) in [6.45, 7) is 3.26. The number of carbonyl (C=O) groups is 3. The second-order valence-corrected chi connectivity index (χ2v) is 10.9. The number of rotatable bonds is 14. The Balaban J connectivity index is 1.22. The summed E-state index contributed by atoms with van der Waals surface area (Å²) >= 11 is 0. The highest BCUT2D eigenvalue weighted by atomic mass is 19.3. The molecule has 0 bridgehead atoms. The van der Waals surface area contributed by atoms with Crippen LogP contribution in [-0.2, 0) is 30.6 Å². The number of hydrogen-bond acceptors (Lipinski definition) is 10. The summed E-state index contributed by atoms with van der Waals surface area (Å²) in [7, 11) is 0. The van der Waals surface area contributed by atoms with Crippen molar-refractivity contribution in [2.75, 3.05) is 11.9 Å². The molecule has 0 fully saturated rings. The number of anilines is 1. The van der Waals surface area contributed by atoms with E-state index in [1.165, 1.54) is 18.2 Å². The summed E-state index contributed by atoms with van der Waals surface area (Å²) in [5, 5.41) is 2.52. The lowest BCUT2D eigenvalue weighted by atomic mass is 10.1. The van der Waals surface area contributed by atoms with Crippen molar-refractivity contribution in [3.8, 4) is 23.0 Å². The van der Waals surface area contributed by atoms with E-state index in [9.17, 15) is 31.9 Å². The van der Waals surface area contributed by atoms with Crippen LogP contribution in [0.5, 0.6) is 23.0 Å². The van der Waals surface area contributed by atoms with E-state index in [0.717, 1.165) is 23.8 Å². The topological polar surface area (TPSA) is 152 Å². The molecule has 2 aliphatic rings. The van der Waals surface area contributed by atoms with Crippen LogP contribution < -0.4 is 35.2 Å². The Morgan fingerprint density at radius 2 is 1.33 bits per heavy atom. The third-order valence-electron chi connectivity index (χ3n) is 6.58. The van der Waals surface area contributed by atoms with Crippen molar-refractivity contribution in [1.82, 2.24) is 11.0 Å². The predicted octanol–water partition coefficient (Wildman–Crippen LogP) is 4.68. The first-order valence-corrected chi connectivity index (χ1v) is 14.4. The van der Waals surface area contributed by atoms with Crippen LogP contribution in [0.15, 0.2) is 66.7 Å². The molecule has 3 amide bonds. The molecule has 0 spiro atoms. The zero-order valence-corrected chi connectivity index (χ0v) is 25.3. The van der Waals surface area contributed by atoms with Gasteiger partial charge in [-0.1, -0.05) is 44.2 Å². The molecule has 48 heavy (non-hydrogen) atoms. The Kier molecular flexibility index (Phi) is 10.2. The van der Waals surface area contributed by atoms with E-state index < -0.39 is 49.1 Å². The molecule has 3 aromatic rings. The van der Waals surface area contributed by atoms with Crippen molar-refractivity contribution in [3.63, 3.8) is 0 Å². The number of amides is 3. The monoisotopic (exact) mass is 679 g/mol. The van der Waals surface area contributed by atoms with E-state index in [2.05, 4.69) is 35.2 Å². The average Bonchev–Trinajstić information content (AvgIpc) is 3.52. The van der Waals surface area contributed by atoms with Gasteiger partial charge in [-0.25, -0.2) is 11.0 Å². The molecule has 0 unspecified atom stereocenters. The van der Waals surface area contributed by atoms with Crippen LogP contribution in [0.3, 0.4) is 0 Å². The molecule has 3 aromatic carbocycles. The van der Waals surface area contributed by atoms with Gasteiger partial charge in [0.25, 0.3) is 17.7 Å². The van der Waals surface area contributed by atoms with Crippen molar-refractivity contribution in [2.24, 2.45) is 5.92 Å². The molecule has 2 aliphatic heterocycles. The van der Waals surface area contributed by atoms with E-state index in [-0.39, 0.29) is 53.2 Å². The number of fused-ring (bicyclic) bond motifs is 2. The van der Waals surface area contributed by atoms with Gasteiger partial charge in [0.1, 0.15) is 0 Å². The van der Waals surface area contributed by atoms with E-state index in [4.69, 9.17) is 14.4 Å². The van der Waals surface area contributed by atoms with Gasteiger partial charge in [0, 0.05) is 17.3 Å². The summed E-state index contributed by atoms with van der Waals surface area (Å²) in [6, 6.07) is 15.9. The van der Waals surface area contributed by atoms with Gasteiger partial charge in [-0.2, -0.15) is 0 Å². The van der Waals surface area contributed by atoms with Crippen LogP contribution in [0.1, 0.15) is 36.2 Å². The van der Waals surface area contributed by atoms with Gasteiger partial charge in [-0.15, -0.1) is 17.6 Å². The van der Waals surface area contributed by atoms with Gasteiger partial charge in [0.05, 0.1) is 13.2 Å². The smallest absolute Gasteiger partial charge is 0.395 e. The molecule has 17 heteroatoms. The lowest BCUT2D eigenvalue weighted by molar-refractivity contribution is -0.287. The Labute approximate surface area is 270 Å². The Hall–Kier alpha value is -5.13. The van der Waals surface area contributed by atoms with E-state index in [1.807, 2.05) is 6.07 Å². The van der Waals surface area contributed by atoms with Crippen LogP contribution in [-0.4, -0.2) is 49.1 Å². The van der Waals surface area contributed by atoms with Gasteiger partial charge in [-0.3, -0.25) is 24.1 Å². The first kappa shape index (κ1) is 34.2. The van der Waals surface area contributed by atoms with Crippen molar-refractivity contribution >= 4 is 23.4 Å². The number of halogens is 4. The molecule has 2 heterocycles. The van der Waals surface area contributed by atoms with Crippen LogP contribution in [0.25, 0.3) is 0 Å². The lowest BCUT2D eigenvalue weighted by Gasteiger charge is -2.22. The first-order valence-electron chi connectivity index (χ1n) is 14.4. The Bertz CT molecular complexity index is 1640. The van der Waals surface area contributed by atoms with Crippen molar-refractivity contribution in [2.45, 2.75) is 51.7 Å². The molecule has 0 saturated carbocycles. The minimum absolute atomic E-state index is 0.0685. The van der Waals surface area contributed by atoms with Crippen LogP contribution in [0.2, 0.25) is 0 Å². The van der Waals surface area contributed by atoms with E-state index >= 15 is 0 Å². The first-order chi connectivity index (χ1) is 22.8. The van der Waals surface area contributed by atoms with Gasteiger partial charge >= 0.3 is 12.6 Å². The zero-order chi connectivity index (χ0) is 34.5. The van der Waals surface area contributed by atoms with Gasteiger partial charge < -0.3 is 29.0 Å². The quantitative estimate of drug-likeness (QED) is 0.162. The third-order valence-corrected chi connectivity index (χ3v) is 6.58. The zero-order valence-electron chi connectivity index (χ0n) is 25.3. The largest absolute Gasteiger partial charge is 0.586 e. The molecule has 256 valence electrons. The molecule has 0 aliphatic carbocycles. The maximum atomic E-state index is 13.4. The number of hydroxylamine groups is 2. The fourth-order valence-electron chi connectivity index (χ4n) is 4.38. The number of nitrogens with one attached hydrogen (secondary N) is 3. The number of alkyl halides is 4. The number of benzene rings is 3. The summed E-state index contributed by atoms with van der Waals surface area (Å²) in [4.78, 5) is 49.8. The summed E-state index contributed by atoms with van der Waals surface area (Å²) in [5.41, 5.74) is 4.92. The highest BCUT2D eigenvalue weighted by Gasteiger charge is 2.44. The molecular formula is C31H29F4N3O10.